The molecule has 7 nitrogen and oxygen atoms in total. The average molecular weight is 374 g/mol. The first kappa shape index (κ1) is 20.7. The molecule has 0 bridgehead atoms. The van der Waals surface area contributed by atoms with Crippen molar-refractivity contribution >= 4 is 17.8 Å². The van der Waals surface area contributed by atoms with Crippen molar-refractivity contribution in [3.63, 3.8) is 0 Å². The molecular formula is C20H31N5O2. The summed E-state index contributed by atoms with van der Waals surface area (Å²) in [6.45, 7) is 7.60. The number of nitrogens with two attached hydrogens (primary N) is 1. The summed E-state index contributed by atoms with van der Waals surface area (Å²) >= 11 is 0. The van der Waals surface area contributed by atoms with Gasteiger partial charge in [0.2, 0.25) is 5.91 Å². The third kappa shape index (κ3) is 6.58. The van der Waals surface area contributed by atoms with E-state index in [2.05, 4.69) is 15.5 Å². The molecule has 2 rings (SSSR count). The highest BCUT2D eigenvalue weighted by atomic mass is 16.2. The third-order valence-corrected chi connectivity index (χ3v) is 4.61. The Hall–Kier alpha value is -2.57. The number of benzene rings is 1. The molecule has 7 heteroatoms. The number of primary amides is 1. The Bertz CT molecular complexity index is 657. The maximum Gasteiger partial charge on any atom is 0.251 e. The largest absolute Gasteiger partial charge is 0.370 e. The van der Waals surface area contributed by atoms with Crippen LogP contribution in [0, 0.1) is 5.92 Å². The number of nitrogens with zero attached hydrogens (tertiary/aromatic N) is 2. The molecule has 1 fully saturated rings. The summed E-state index contributed by atoms with van der Waals surface area (Å²) < 4.78 is 0. The molecule has 0 saturated carbocycles. The Morgan fingerprint density at radius 1 is 1.19 bits per heavy atom. The molecule has 1 aromatic carbocycles. The minimum atomic E-state index is -0.240. The van der Waals surface area contributed by atoms with Crippen LogP contribution in [0.5, 0.6) is 0 Å². The van der Waals surface area contributed by atoms with E-state index in [4.69, 9.17) is 10.7 Å². The summed E-state index contributed by atoms with van der Waals surface area (Å²) in [4.78, 5) is 30.0. The fourth-order valence-electron chi connectivity index (χ4n) is 3.32. The second-order valence-electron chi connectivity index (χ2n) is 6.85. The molecule has 0 aromatic heterocycles. The molecule has 4 N–H and O–H groups in total. The van der Waals surface area contributed by atoms with Gasteiger partial charge in [-0.2, -0.15) is 0 Å². The van der Waals surface area contributed by atoms with Gasteiger partial charge in [0, 0.05) is 38.2 Å². The van der Waals surface area contributed by atoms with Gasteiger partial charge < -0.3 is 21.3 Å². The number of hydrogen-bond acceptors (Lipinski definition) is 3. The standard InChI is InChI=1S/C20H31N5O2/c1-3-22-19(27)17-9-7-15(8-10-17)13-24-20(23-4-2)25-11-5-6-16(14-25)12-18(21)26/h7-10,16H,3-6,11-14H2,1-2H3,(H2,21,26)(H,22,27)(H,23,24). The van der Waals surface area contributed by atoms with Gasteiger partial charge in [-0.3, -0.25) is 9.59 Å². The van der Waals surface area contributed by atoms with Crippen LogP contribution in [0.15, 0.2) is 29.3 Å². The molecular weight excluding hydrogens is 342 g/mol. The van der Waals surface area contributed by atoms with Gasteiger partial charge in [0.15, 0.2) is 5.96 Å². The van der Waals surface area contributed by atoms with Crippen molar-refractivity contribution in [2.24, 2.45) is 16.6 Å². The number of carbonyl (C=O) groups is 2. The van der Waals surface area contributed by atoms with Crippen molar-refractivity contribution in [1.82, 2.24) is 15.5 Å². The highest BCUT2D eigenvalue weighted by molar-refractivity contribution is 5.94. The van der Waals surface area contributed by atoms with Gasteiger partial charge in [0.05, 0.1) is 6.54 Å². The molecule has 1 saturated heterocycles. The summed E-state index contributed by atoms with van der Waals surface area (Å²) in [6.07, 6.45) is 2.49. The van der Waals surface area contributed by atoms with Crippen LogP contribution in [0.2, 0.25) is 0 Å². The number of carbonyl (C=O) groups excluding carboxylic acids is 2. The third-order valence-electron chi connectivity index (χ3n) is 4.61. The summed E-state index contributed by atoms with van der Waals surface area (Å²) in [6, 6.07) is 7.52. The van der Waals surface area contributed by atoms with E-state index in [0.717, 1.165) is 44.0 Å². The second kappa shape index (κ2) is 10.5. The topological polar surface area (TPSA) is 99.8 Å². The molecule has 148 valence electrons. The highest BCUT2D eigenvalue weighted by Gasteiger charge is 2.23. The van der Waals surface area contributed by atoms with Gasteiger partial charge in [-0.25, -0.2) is 4.99 Å². The maximum atomic E-state index is 11.8. The van der Waals surface area contributed by atoms with Crippen LogP contribution in [0.25, 0.3) is 0 Å². The number of nitrogens with one attached hydrogen (secondary N) is 2. The molecule has 1 aliphatic heterocycles. The number of piperidine rings is 1. The van der Waals surface area contributed by atoms with Gasteiger partial charge in [-0.05, 0) is 50.3 Å². The molecule has 0 radical (unpaired) electrons. The number of aliphatic imine (C=N–C) groups is 1. The molecule has 1 unspecified atom stereocenters. The number of amides is 2. The Balaban J connectivity index is 2.02. The lowest BCUT2D eigenvalue weighted by molar-refractivity contribution is -0.119. The van der Waals surface area contributed by atoms with Crippen LogP contribution in [0.3, 0.4) is 0 Å². The van der Waals surface area contributed by atoms with E-state index in [1.807, 2.05) is 38.1 Å². The van der Waals surface area contributed by atoms with Crippen LogP contribution in [0.1, 0.15) is 49.0 Å². The van der Waals surface area contributed by atoms with E-state index in [1.54, 1.807) is 0 Å². The molecule has 1 heterocycles. The lowest BCUT2D eigenvalue weighted by Gasteiger charge is -2.34. The summed E-state index contributed by atoms with van der Waals surface area (Å²) in [5.41, 5.74) is 7.06. The molecule has 1 aromatic rings. The first-order valence-corrected chi connectivity index (χ1v) is 9.72. The van der Waals surface area contributed by atoms with Gasteiger partial charge in [0.25, 0.3) is 5.91 Å². The first-order chi connectivity index (χ1) is 13.0. The maximum absolute atomic E-state index is 11.8. The van der Waals surface area contributed by atoms with Crippen LogP contribution in [0.4, 0.5) is 0 Å². The smallest absolute Gasteiger partial charge is 0.251 e. The monoisotopic (exact) mass is 373 g/mol. The zero-order valence-corrected chi connectivity index (χ0v) is 16.3. The van der Waals surface area contributed by atoms with Gasteiger partial charge >= 0.3 is 0 Å². The lowest BCUT2D eigenvalue weighted by atomic mass is 9.95. The van der Waals surface area contributed by atoms with Crippen molar-refractivity contribution < 1.29 is 9.59 Å². The first-order valence-electron chi connectivity index (χ1n) is 9.72. The zero-order chi connectivity index (χ0) is 19.6. The molecule has 27 heavy (non-hydrogen) atoms. The molecule has 0 spiro atoms. The number of likely N-dealkylation sites (tertiary alicyclic amines) is 1. The number of hydrogen-bond donors (Lipinski definition) is 3. The molecule has 1 aliphatic rings. The lowest BCUT2D eigenvalue weighted by Crippen LogP contribution is -2.47. The Morgan fingerprint density at radius 2 is 1.89 bits per heavy atom. The molecule has 0 aliphatic carbocycles. The van der Waals surface area contributed by atoms with E-state index < -0.39 is 0 Å². The quantitative estimate of drug-likeness (QED) is 0.498. The normalized spacial score (nSPS) is 17.5. The van der Waals surface area contributed by atoms with Gasteiger partial charge in [0.1, 0.15) is 0 Å². The summed E-state index contributed by atoms with van der Waals surface area (Å²) in [7, 11) is 0. The van der Waals surface area contributed by atoms with E-state index in [1.165, 1.54) is 0 Å². The zero-order valence-electron chi connectivity index (χ0n) is 16.3. The molecule has 2 amide bonds. The van der Waals surface area contributed by atoms with E-state index in [-0.39, 0.29) is 17.7 Å². The summed E-state index contributed by atoms with van der Waals surface area (Å²) in [5.74, 6) is 0.849. The predicted octanol–water partition coefficient (Wildman–Crippen LogP) is 1.49. The average Bonchev–Trinajstić information content (AvgIpc) is 2.65. The Morgan fingerprint density at radius 3 is 2.52 bits per heavy atom. The van der Waals surface area contributed by atoms with Crippen LogP contribution in [-0.2, 0) is 11.3 Å². The van der Waals surface area contributed by atoms with E-state index in [9.17, 15) is 9.59 Å². The number of guanidine groups is 1. The second-order valence-corrected chi connectivity index (χ2v) is 6.85. The van der Waals surface area contributed by atoms with Crippen LogP contribution >= 0.6 is 0 Å². The fourth-order valence-corrected chi connectivity index (χ4v) is 3.32. The summed E-state index contributed by atoms with van der Waals surface area (Å²) in [5, 5.41) is 6.13. The number of rotatable bonds is 7. The Kier molecular flexibility index (Phi) is 8.10. The van der Waals surface area contributed by atoms with Crippen molar-refractivity contribution in [2.75, 3.05) is 26.2 Å². The van der Waals surface area contributed by atoms with Crippen molar-refractivity contribution in [3.8, 4) is 0 Å². The highest BCUT2D eigenvalue weighted by Crippen LogP contribution is 2.19. The minimum Gasteiger partial charge on any atom is -0.370 e. The van der Waals surface area contributed by atoms with Crippen molar-refractivity contribution in [3.05, 3.63) is 35.4 Å². The minimum absolute atomic E-state index is 0.0605. The van der Waals surface area contributed by atoms with Crippen molar-refractivity contribution in [2.45, 2.75) is 39.7 Å². The van der Waals surface area contributed by atoms with Crippen LogP contribution < -0.4 is 16.4 Å². The van der Waals surface area contributed by atoms with Gasteiger partial charge in [-0.15, -0.1) is 0 Å². The SMILES string of the molecule is CCNC(=O)c1ccc(CN=C(NCC)N2CCCC(CC(N)=O)C2)cc1. The van der Waals surface area contributed by atoms with Crippen molar-refractivity contribution in [1.29, 1.82) is 0 Å². The van der Waals surface area contributed by atoms with E-state index >= 15 is 0 Å². The molecule has 1 atom stereocenters. The van der Waals surface area contributed by atoms with E-state index in [0.29, 0.717) is 25.1 Å². The predicted molar refractivity (Wildman–Crippen MR) is 107 cm³/mol. The van der Waals surface area contributed by atoms with Gasteiger partial charge in [-0.1, -0.05) is 12.1 Å². The Labute approximate surface area is 161 Å². The van der Waals surface area contributed by atoms with Crippen LogP contribution in [-0.4, -0.2) is 48.9 Å². The fraction of sp³-hybridized carbons (Fsp3) is 0.550.